The lowest BCUT2D eigenvalue weighted by Gasteiger charge is -2.09. The zero-order valence-corrected chi connectivity index (χ0v) is 11.0. The summed E-state index contributed by atoms with van der Waals surface area (Å²) in [4.78, 5) is 22.9. The first kappa shape index (κ1) is 12.4. The lowest BCUT2D eigenvalue weighted by atomic mass is 10.2. The summed E-state index contributed by atoms with van der Waals surface area (Å²) >= 11 is 9.11. The van der Waals surface area contributed by atoms with Gasteiger partial charge in [-0.05, 0) is 18.2 Å². The molecule has 0 unspecified atom stereocenters. The van der Waals surface area contributed by atoms with Crippen LogP contribution >= 0.6 is 27.5 Å². The van der Waals surface area contributed by atoms with E-state index in [1.54, 1.807) is 18.2 Å². The van der Waals surface area contributed by atoms with Crippen LogP contribution in [0.1, 0.15) is 16.8 Å². The van der Waals surface area contributed by atoms with Gasteiger partial charge in [0.15, 0.2) is 0 Å². The molecule has 2 rings (SSSR count). The maximum atomic E-state index is 11.8. The van der Waals surface area contributed by atoms with Crippen molar-refractivity contribution in [2.75, 3.05) is 6.61 Å². The maximum Gasteiger partial charge on any atom is 0.347 e. The Balaban J connectivity index is 2.14. The molecule has 0 spiro atoms. The van der Waals surface area contributed by atoms with Crippen LogP contribution in [-0.4, -0.2) is 24.6 Å². The number of benzene rings is 1. The number of halogens is 2. The zero-order valence-electron chi connectivity index (χ0n) is 8.61. The number of hydrogen-bond acceptors (Lipinski definition) is 4. The molecule has 1 atom stereocenters. The number of rotatable bonds is 2. The molecular formula is C11H8BrClO4. The van der Waals surface area contributed by atoms with E-state index in [0.29, 0.717) is 10.9 Å². The third-order valence-electron chi connectivity index (χ3n) is 2.28. The summed E-state index contributed by atoms with van der Waals surface area (Å²) in [5, 5.41) is 0.282. The van der Waals surface area contributed by atoms with Crippen LogP contribution in [0.15, 0.2) is 22.7 Å². The molecule has 90 valence electrons. The van der Waals surface area contributed by atoms with E-state index in [1.165, 1.54) is 0 Å². The van der Waals surface area contributed by atoms with Crippen molar-refractivity contribution in [3.63, 3.8) is 0 Å². The zero-order chi connectivity index (χ0) is 12.4. The van der Waals surface area contributed by atoms with Crippen molar-refractivity contribution in [1.82, 2.24) is 0 Å². The van der Waals surface area contributed by atoms with Gasteiger partial charge in [0, 0.05) is 10.9 Å². The topological polar surface area (TPSA) is 52.6 Å². The highest BCUT2D eigenvalue weighted by molar-refractivity contribution is 9.10. The molecule has 1 aromatic carbocycles. The molecule has 1 aromatic rings. The average molecular weight is 320 g/mol. The molecule has 1 saturated heterocycles. The molecule has 4 nitrogen and oxygen atoms in total. The highest BCUT2D eigenvalue weighted by Crippen LogP contribution is 2.23. The van der Waals surface area contributed by atoms with Crippen molar-refractivity contribution in [1.29, 1.82) is 0 Å². The molecule has 0 bridgehead atoms. The minimum Gasteiger partial charge on any atom is -0.463 e. The predicted molar refractivity (Wildman–Crippen MR) is 63.9 cm³/mol. The fraction of sp³-hybridized carbons (Fsp3) is 0.273. The first-order chi connectivity index (χ1) is 8.08. The summed E-state index contributed by atoms with van der Waals surface area (Å²) in [7, 11) is 0. The predicted octanol–water partition coefficient (Wildman–Crippen LogP) is 2.57. The fourth-order valence-electron chi connectivity index (χ4n) is 1.43. The van der Waals surface area contributed by atoms with E-state index in [2.05, 4.69) is 15.9 Å². The Morgan fingerprint density at radius 2 is 2.29 bits per heavy atom. The van der Waals surface area contributed by atoms with Crippen molar-refractivity contribution < 1.29 is 19.1 Å². The Kier molecular flexibility index (Phi) is 3.69. The summed E-state index contributed by atoms with van der Waals surface area (Å²) in [6.07, 6.45) is -0.437. The Morgan fingerprint density at radius 3 is 2.94 bits per heavy atom. The van der Waals surface area contributed by atoms with Gasteiger partial charge in [0.25, 0.3) is 0 Å². The number of ether oxygens (including phenoxy) is 2. The summed E-state index contributed by atoms with van der Waals surface area (Å²) in [5.41, 5.74) is 0.223. The lowest BCUT2D eigenvalue weighted by molar-refractivity contribution is -0.145. The van der Waals surface area contributed by atoms with Crippen LogP contribution in [0.3, 0.4) is 0 Å². The van der Waals surface area contributed by atoms with E-state index in [4.69, 9.17) is 21.1 Å². The van der Waals surface area contributed by atoms with Gasteiger partial charge in [-0.1, -0.05) is 27.5 Å². The third kappa shape index (κ3) is 2.79. The normalized spacial score (nSPS) is 18.9. The van der Waals surface area contributed by atoms with Gasteiger partial charge in [-0.15, -0.1) is 0 Å². The molecule has 1 heterocycles. The van der Waals surface area contributed by atoms with Gasteiger partial charge in [-0.3, -0.25) is 0 Å². The van der Waals surface area contributed by atoms with Crippen LogP contribution in [-0.2, 0) is 14.3 Å². The van der Waals surface area contributed by atoms with E-state index < -0.39 is 18.0 Å². The number of carbonyl (C=O) groups is 2. The van der Waals surface area contributed by atoms with Crippen molar-refractivity contribution in [2.45, 2.75) is 12.5 Å². The number of carbonyl (C=O) groups excluding carboxylic acids is 2. The van der Waals surface area contributed by atoms with Gasteiger partial charge in [-0.2, -0.15) is 0 Å². The molecule has 0 aliphatic carbocycles. The van der Waals surface area contributed by atoms with Gasteiger partial charge in [-0.25, -0.2) is 9.59 Å². The third-order valence-corrected chi connectivity index (χ3v) is 3.11. The van der Waals surface area contributed by atoms with Gasteiger partial charge >= 0.3 is 11.9 Å². The monoisotopic (exact) mass is 318 g/mol. The van der Waals surface area contributed by atoms with Crippen molar-refractivity contribution in [3.8, 4) is 0 Å². The second kappa shape index (κ2) is 5.06. The van der Waals surface area contributed by atoms with E-state index in [9.17, 15) is 9.59 Å². The largest absolute Gasteiger partial charge is 0.463 e. The first-order valence-electron chi connectivity index (χ1n) is 4.90. The Labute approximate surface area is 111 Å². The molecule has 0 amide bonds. The molecule has 0 N–H and O–H groups in total. The summed E-state index contributed by atoms with van der Waals surface area (Å²) in [6.45, 7) is 0.281. The molecule has 0 radical (unpaired) electrons. The van der Waals surface area contributed by atoms with E-state index in [1.807, 2.05) is 0 Å². The quantitative estimate of drug-likeness (QED) is 0.786. The fourth-order valence-corrected chi connectivity index (χ4v) is 1.99. The molecule has 1 aliphatic heterocycles. The lowest BCUT2D eigenvalue weighted by Crippen LogP contribution is -2.22. The highest BCUT2D eigenvalue weighted by Gasteiger charge is 2.31. The van der Waals surface area contributed by atoms with Crippen molar-refractivity contribution in [3.05, 3.63) is 33.3 Å². The first-order valence-corrected chi connectivity index (χ1v) is 6.07. The summed E-state index contributed by atoms with van der Waals surface area (Å²) in [5.74, 6) is -1.13. The van der Waals surface area contributed by atoms with Gasteiger partial charge in [0.2, 0.25) is 6.10 Å². The molecule has 1 aliphatic rings. The smallest absolute Gasteiger partial charge is 0.347 e. The molecule has 1 fully saturated rings. The van der Waals surface area contributed by atoms with Crippen LogP contribution in [0.2, 0.25) is 5.02 Å². The minimum absolute atomic E-state index is 0.223. The summed E-state index contributed by atoms with van der Waals surface area (Å²) in [6, 6.07) is 4.84. The maximum absolute atomic E-state index is 11.8. The van der Waals surface area contributed by atoms with Crippen LogP contribution in [0, 0.1) is 0 Å². The number of hydrogen-bond donors (Lipinski definition) is 0. The second-order valence-corrected chi connectivity index (χ2v) is 4.80. The van der Waals surface area contributed by atoms with E-state index in [-0.39, 0.29) is 17.2 Å². The standard InChI is InChI=1S/C11H8BrClO4/c12-6-1-2-8(13)7(5-6)10(14)17-9-3-4-16-11(9)15/h1-2,5,9H,3-4H2/t9-/m1/s1. The van der Waals surface area contributed by atoms with Crippen LogP contribution in [0.4, 0.5) is 0 Å². The Morgan fingerprint density at radius 1 is 1.53 bits per heavy atom. The van der Waals surface area contributed by atoms with Gasteiger partial charge in [0.05, 0.1) is 17.2 Å². The number of esters is 2. The molecule has 0 saturated carbocycles. The Bertz CT molecular complexity index is 475. The van der Waals surface area contributed by atoms with E-state index >= 15 is 0 Å². The second-order valence-electron chi connectivity index (χ2n) is 3.47. The summed E-state index contributed by atoms with van der Waals surface area (Å²) < 4.78 is 10.4. The number of cyclic esters (lactones) is 1. The van der Waals surface area contributed by atoms with Crippen LogP contribution in [0.25, 0.3) is 0 Å². The van der Waals surface area contributed by atoms with Crippen molar-refractivity contribution in [2.24, 2.45) is 0 Å². The highest BCUT2D eigenvalue weighted by atomic mass is 79.9. The van der Waals surface area contributed by atoms with Gasteiger partial charge < -0.3 is 9.47 Å². The minimum atomic E-state index is -0.822. The molecule has 17 heavy (non-hydrogen) atoms. The SMILES string of the molecule is O=C(O[C@@H]1CCOC1=O)c1cc(Br)ccc1Cl. The van der Waals surface area contributed by atoms with Crippen molar-refractivity contribution >= 4 is 39.5 Å². The van der Waals surface area contributed by atoms with Crippen LogP contribution in [0.5, 0.6) is 0 Å². The Hall–Kier alpha value is -1.07. The van der Waals surface area contributed by atoms with Crippen LogP contribution < -0.4 is 0 Å². The van der Waals surface area contributed by atoms with E-state index in [0.717, 1.165) is 0 Å². The average Bonchev–Trinajstić information content (AvgIpc) is 2.68. The van der Waals surface area contributed by atoms with Gasteiger partial charge in [0.1, 0.15) is 0 Å². The molecular weight excluding hydrogens is 311 g/mol. The molecule has 0 aromatic heterocycles. The molecule has 6 heteroatoms.